The van der Waals surface area contributed by atoms with E-state index in [4.69, 9.17) is 23.2 Å². The fourth-order valence-corrected chi connectivity index (χ4v) is 3.69. The van der Waals surface area contributed by atoms with Crippen molar-refractivity contribution in [1.29, 1.82) is 0 Å². The first-order valence-electron chi connectivity index (χ1n) is 7.01. The predicted octanol–water partition coefficient (Wildman–Crippen LogP) is 3.53. The highest BCUT2D eigenvalue weighted by molar-refractivity contribution is 7.89. The number of sulfonamides is 1. The van der Waals surface area contributed by atoms with Crippen molar-refractivity contribution in [2.45, 2.75) is 18.7 Å². The first kappa shape index (κ1) is 18.7. The molecule has 0 atom stereocenters. The molecule has 2 aromatic carbocycles. The van der Waals surface area contributed by atoms with Crippen LogP contribution in [0.15, 0.2) is 41.3 Å². The molecule has 8 heteroatoms. The molecule has 0 saturated heterocycles. The average Bonchev–Trinajstić information content (AvgIpc) is 2.49. The molecule has 1 amide bonds. The van der Waals surface area contributed by atoms with Gasteiger partial charge in [-0.05, 0) is 37.6 Å². The lowest BCUT2D eigenvalue weighted by Crippen LogP contribution is -2.33. The summed E-state index contributed by atoms with van der Waals surface area (Å²) in [5, 5.41) is 3.01. The summed E-state index contributed by atoms with van der Waals surface area (Å²) in [6, 6.07) is 9.77. The van der Waals surface area contributed by atoms with Crippen LogP contribution in [0.3, 0.4) is 0 Å². The molecule has 2 N–H and O–H groups in total. The van der Waals surface area contributed by atoms with Crippen LogP contribution in [-0.2, 0) is 14.8 Å². The number of nitrogens with one attached hydrogen (secondary N) is 2. The highest BCUT2D eigenvalue weighted by atomic mass is 35.5. The number of carbonyl (C=O) groups is 1. The summed E-state index contributed by atoms with van der Waals surface area (Å²) in [4.78, 5) is 12.1. The highest BCUT2D eigenvalue weighted by Gasteiger charge is 2.18. The van der Waals surface area contributed by atoms with Crippen molar-refractivity contribution >= 4 is 44.8 Å². The van der Waals surface area contributed by atoms with Crippen molar-refractivity contribution in [3.05, 3.63) is 57.6 Å². The second kappa shape index (κ2) is 7.53. The number of hydrogen-bond acceptors (Lipinski definition) is 3. The maximum atomic E-state index is 12.3. The molecule has 128 valence electrons. The van der Waals surface area contributed by atoms with Gasteiger partial charge in [-0.25, -0.2) is 13.1 Å². The standard InChI is InChI=1S/C16H16Cl2N2O3S/c1-10-6-7-14(11(2)8-10)24(22,23)19-9-15(21)20-13-5-3-4-12(17)16(13)18/h3-8,19H,9H2,1-2H3,(H,20,21). The van der Waals surface area contributed by atoms with Crippen molar-refractivity contribution < 1.29 is 13.2 Å². The van der Waals surface area contributed by atoms with E-state index in [1.165, 1.54) is 6.07 Å². The van der Waals surface area contributed by atoms with Crippen LogP contribution in [0.5, 0.6) is 0 Å². The molecule has 0 heterocycles. The lowest BCUT2D eigenvalue weighted by Gasteiger charge is -2.11. The largest absolute Gasteiger partial charge is 0.324 e. The lowest BCUT2D eigenvalue weighted by molar-refractivity contribution is -0.115. The average molecular weight is 387 g/mol. The fourth-order valence-electron chi connectivity index (χ4n) is 2.13. The fraction of sp³-hybridized carbons (Fsp3) is 0.188. The minimum atomic E-state index is -3.78. The Morgan fingerprint density at radius 2 is 1.83 bits per heavy atom. The number of anilines is 1. The van der Waals surface area contributed by atoms with Gasteiger partial charge in [-0.15, -0.1) is 0 Å². The third-order valence-corrected chi connectivity index (χ3v) is 5.65. The Kier molecular flexibility index (Phi) is 5.87. The molecule has 0 aliphatic rings. The van der Waals surface area contributed by atoms with Gasteiger partial charge >= 0.3 is 0 Å². The monoisotopic (exact) mass is 386 g/mol. The van der Waals surface area contributed by atoms with E-state index in [0.29, 0.717) is 16.3 Å². The molecule has 0 fully saturated rings. The number of carbonyl (C=O) groups excluding carboxylic acids is 1. The van der Waals surface area contributed by atoms with Crippen LogP contribution >= 0.6 is 23.2 Å². The molecular formula is C16H16Cl2N2O3S. The Bertz CT molecular complexity index is 883. The van der Waals surface area contributed by atoms with Gasteiger partial charge in [0.25, 0.3) is 0 Å². The van der Waals surface area contributed by atoms with Gasteiger partial charge in [-0.1, -0.05) is 47.0 Å². The minimum Gasteiger partial charge on any atom is -0.324 e. The maximum Gasteiger partial charge on any atom is 0.241 e. The van der Waals surface area contributed by atoms with Gasteiger partial charge in [0.1, 0.15) is 0 Å². The number of hydrogen-bond donors (Lipinski definition) is 2. The van der Waals surface area contributed by atoms with Gasteiger partial charge in [0.15, 0.2) is 0 Å². The quantitative estimate of drug-likeness (QED) is 0.824. The molecule has 5 nitrogen and oxygen atoms in total. The van der Waals surface area contributed by atoms with Gasteiger partial charge in [0.2, 0.25) is 15.9 Å². The van der Waals surface area contributed by atoms with Crippen LogP contribution in [0, 0.1) is 13.8 Å². The molecule has 0 aliphatic carbocycles. The number of halogens is 2. The van der Waals surface area contributed by atoms with E-state index in [2.05, 4.69) is 10.0 Å². The Balaban J connectivity index is 2.06. The summed E-state index contributed by atoms with van der Waals surface area (Å²) in [6.45, 7) is 3.16. The van der Waals surface area contributed by atoms with E-state index in [9.17, 15) is 13.2 Å². The van der Waals surface area contributed by atoms with E-state index in [1.54, 1.807) is 37.3 Å². The van der Waals surface area contributed by atoms with E-state index in [0.717, 1.165) is 5.56 Å². The topological polar surface area (TPSA) is 75.3 Å². The van der Waals surface area contributed by atoms with Gasteiger partial charge in [-0.2, -0.15) is 0 Å². The molecule has 0 unspecified atom stereocenters. The van der Waals surface area contributed by atoms with Gasteiger partial charge in [-0.3, -0.25) is 4.79 Å². The zero-order chi connectivity index (χ0) is 17.9. The van der Waals surface area contributed by atoms with E-state index >= 15 is 0 Å². The summed E-state index contributed by atoms with van der Waals surface area (Å²) in [7, 11) is -3.78. The third kappa shape index (κ3) is 4.48. The SMILES string of the molecule is Cc1ccc(S(=O)(=O)NCC(=O)Nc2cccc(Cl)c2Cl)c(C)c1. The number of benzene rings is 2. The van der Waals surface area contributed by atoms with Crippen molar-refractivity contribution in [2.24, 2.45) is 0 Å². The van der Waals surface area contributed by atoms with Crippen molar-refractivity contribution in [1.82, 2.24) is 4.72 Å². The Hall–Kier alpha value is -1.60. The molecule has 0 radical (unpaired) electrons. The highest BCUT2D eigenvalue weighted by Crippen LogP contribution is 2.29. The van der Waals surface area contributed by atoms with Gasteiger partial charge < -0.3 is 5.32 Å². The summed E-state index contributed by atoms with van der Waals surface area (Å²) in [5.74, 6) is -0.549. The summed E-state index contributed by atoms with van der Waals surface area (Å²) >= 11 is 11.8. The van der Waals surface area contributed by atoms with E-state index in [-0.39, 0.29) is 9.92 Å². The van der Waals surface area contributed by atoms with Crippen LogP contribution in [0.1, 0.15) is 11.1 Å². The second-order valence-corrected chi connectivity index (χ2v) is 7.76. The molecule has 0 aliphatic heterocycles. The number of amides is 1. The third-order valence-electron chi connectivity index (χ3n) is 3.27. The molecule has 0 saturated carbocycles. The van der Waals surface area contributed by atoms with Gasteiger partial charge in [0, 0.05) is 0 Å². The van der Waals surface area contributed by atoms with Crippen molar-refractivity contribution in [3.8, 4) is 0 Å². The summed E-state index contributed by atoms with van der Waals surface area (Å²) in [5.41, 5.74) is 1.89. The molecule has 2 aromatic rings. The zero-order valence-corrected chi connectivity index (χ0v) is 15.4. The summed E-state index contributed by atoms with van der Waals surface area (Å²) < 4.78 is 26.9. The molecule has 24 heavy (non-hydrogen) atoms. The van der Waals surface area contributed by atoms with Crippen LogP contribution in [-0.4, -0.2) is 20.9 Å². The maximum absolute atomic E-state index is 12.3. The molecule has 0 aromatic heterocycles. The normalized spacial score (nSPS) is 11.3. The van der Waals surface area contributed by atoms with E-state index in [1.807, 2.05) is 6.92 Å². The van der Waals surface area contributed by atoms with Crippen molar-refractivity contribution in [2.75, 3.05) is 11.9 Å². The Morgan fingerprint density at radius 1 is 1.12 bits per heavy atom. The van der Waals surface area contributed by atoms with Crippen LogP contribution in [0.2, 0.25) is 10.0 Å². The molecule has 0 bridgehead atoms. The van der Waals surface area contributed by atoms with Gasteiger partial charge in [0.05, 0.1) is 27.2 Å². The van der Waals surface area contributed by atoms with Crippen LogP contribution in [0.4, 0.5) is 5.69 Å². The first-order chi connectivity index (χ1) is 11.2. The lowest BCUT2D eigenvalue weighted by atomic mass is 10.2. The molecule has 2 rings (SSSR count). The number of aryl methyl sites for hydroxylation is 2. The Labute approximate surface area is 151 Å². The number of rotatable bonds is 5. The smallest absolute Gasteiger partial charge is 0.241 e. The zero-order valence-electron chi connectivity index (χ0n) is 13.1. The predicted molar refractivity (Wildman–Crippen MR) is 96.2 cm³/mol. The van der Waals surface area contributed by atoms with Crippen LogP contribution < -0.4 is 10.0 Å². The van der Waals surface area contributed by atoms with Crippen molar-refractivity contribution in [3.63, 3.8) is 0 Å². The van der Waals surface area contributed by atoms with Crippen LogP contribution in [0.25, 0.3) is 0 Å². The molecule has 0 spiro atoms. The molecular weight excluding hydrogens is 371 g/mol. The minimum absolute atomic E-state index is 0.140. The Morgan fingerprint density at radius 3 is 2.50 bits per heavy atom. The first-order valence-corrected chi connectivity index (χ1v) is 9.25. The second-order valence-electron chi connectivity index (χ2n) is 5.24. The van der Waals surface area contributed by atoms with E-state index < -0.39 is 22.5 Å². The summed E-state index contributed by atoms with van der Waals surface area (Å²) in [6.07, 6.45) is 0.